The summed E-state index contributed by atoms with van der Waals surface area (Å²) in [7, 11) is 3.15. The molecule has 1 aromatic carbocycles. The first-order valence-corrected chi connectivity index (χ1v) is 12.6. The number of fused-ring (bicyclic) bond motifs is 1. The van der Waals surface area contributed by atoms with Crippen LogP contribution in [0.25, 0.3) is 11.0 Å². The third-order valence-corrected chi connectivity index (χ3v) is 7.50. The lowest BCUT2D eigenvalue weighted by atomic mass is 9.86. The van der Waals surface area contributed by atoms with Crippen LogP contribution in [0.4, 0.5) is 13.2 Å². The second-order valence-corrected chi connectivity index (χ2v) is 10.3. The van der Waals surface area contributed by atoms with Gasteiger partial charge in [-0.2, -0.15) is 13.2 Å². The fraction of sp³-hybridized carbons (Fsp3) is 0.429. The summed E-state index contributed by atoms with van der Waals surface area (Å²) in [6.07, 6.45) is -0.726. The molecule has 0 unspecified atom stereocenters. The Balaban J connectivity index is 1.72. The Morgan fingerprint density at radius 1 is 1.27 bits per heavy atom. The van der Waals surface area contributed by atoms with Gasteiger partial charge in [-0.15, -0.1) is 0 Å². The maximum absolute atomic E-state index is 14.6. The van der Waals surface area contributed by atoms with Crippen molar-refractivity contribution in [2.75, 3.05) is 20.2 Å². The van der Waals surface area contributed by atoms with Gasteiger partial charge in [-0.1, -0.05) is 32.0 Å². The number of aryl methyl sites for hydroxylation is 1. The molecule has 0 amide bonds. The highest BCUT2D eigenvalue weighted by molar-refractivity contribution is 6.32. The van der Waals surface area contributed by atoms with E-state index < -0.39 is 23.9 Å². The molecule has 1 aliphatic rings. The van der Waals surface area contributed by atoms with Crippen LogP contribution in [0.3, 0.4) is 0 Å². The molecule has 1 aliphatic heterocycles. The lowest BCUT2D eigenvalue weighted by Crippen LogP contribution is -2.33. The fourth-order valence-corrected chi connectivity index (χ4v) is 5.40. The minimum absolute atomic E-state index is 0.0471. The van der Waals surface area contributed by atoms with E-state index >= 15 is 0 Å². The summed E-state index contributed by atoms with van der Waals surface area (Å²) in [5.74, 6) is 0.174. The van der Waals surface area contributed by atoms with E-state index in [4.69, 9.17) is 16.3 Å². The van der Waals surface area contributed by atoms with Crippen molar-refractivity contribution in [3.05, 3.63) is 70.1 Å². The largest absolute Gasteiger partial charge is 0.495 e. The van der Waals surface area contributed by atoms with Gasteiger partial charge in [0.1, 0.15) is 11.4 Å². The fourth-order valence-electron chi connectivity index (χ4n) is 5.14. The number of pyridine rings is 1. The molecule has 0 N–H and O–H groups in total. The molecule has 0 aliphatic carbocycles. The molecule has 0 saturated carbocycles. The Labute approximate surface area is 219 Å². The average molecular weight is 534 g/mol. The van der Waals surface area contributed by atoms with Gasteiger partial charge in [-0.3, -0.25) is 4.79 Å². The van der Waals surface area contributed by atoms with Crippen molar-refractivity contribution in [3.8, 4) is 5.75 Å². The zero-order valence-electron chi connectivity index (χ0n) is 21.5. The van der Waals surface area contributed by atoms with Gasteiger partial charge in [-0.25, -0.2) is 4.98 Å². The van der Waals surface area contributed by atoms with Crippen molar-refractivity contribution >= 4 is 28.4 Å². The average Bonchev–Trinajstić information content (AvgIpc) is 3.18. The van der Waals surface area contributed by atoms with Crippen LogP contribution < -0.4 is 4.74 Å². The third kappa shape index (κ3) is 5.35. The Morgan fingerprint density at radius 3 is 2.51 bits per heavy atom. The smallest absolute Gasteiger partial charge is 0.417 e. The first-order valence-electron chi connectivity index (χ1n) is 12.3. The normalized spacial score (nSPS) is 15.0. The van der Waals surface area contributed by atoms with E-state index in [2.05, 4.69) is 30.3 Å². The molecule has 3 aromatic rings. The zero-order chi connectivity index (χ0) is 27.1. The quantitative estimate of drug-likeness (QED) is 0.306. The number of nitrogens with zero attached hydrogens (tertiary/aromatic N) is 3. The van der Waals surface area contributed by atoms with Crippen LogP contribution in [0.15, 0.2) is 42.9 Å². The van der Waals surface area contributed by atoms with Gasteiger partial charge < -0.3 is 14.2 Å². The van der Waals surface area contributed by atoms with Crippen LogP contribution >= 0.6 is 11.6 Å². The SMILES string of the molecule is C=C(C(C)C)N1CCC(c2cn(C)c3ncc(CC(=O)c4ccc(OC)c(Cl)c4)c(C(F)(F)F)c23)CC1. The number of ether oxygens (including phenoxy) is 1. The molecule has 2 aromatic heterocycles. The summed E-state index contributed by atoms with van der Waals surface area (Å²) in [5, 5.41) is 0.309. The minimum Gasteiger partial charge on any atom is -0.495 e. The number of Topliss-reactive ketones (excluding diaryl/α,β-unsaturated/α-hetero) is 1. The van der Waals surface area contributed by atoms with Gasteiger partial charge in [0.25, 0.3) is 0 Å². The van der Waals surface area contributed by atoms with Crippen LogP contribution in [-0.2, 0) is 19.6 Å². The number of methoxy groups -OCH3 is 1. The van der Waals surface area contributed by atoms with Crippen molar-refractivity contribution in [3.63, 3.8) is 0 Å². The van der Waals surface area contributed by atoms with Crippen molar-refractivity contribution in [1.29, 1.82) is 0 Å². The van der Waals surface area contributed by atoms with Crippen molar-refractivity contribution < 1.29 is 22.7 Å². The number of piperidine rings is 1. The molecule has 4 rings (SSSR count). The van der Waals surface area contributed by atoms with E-state index in [-0.39, 0.29) is 33.1 Å². The van der Waals surface area contributed by atoms with E-state index in [0.29, 0.717) is 17.2 Å². The molecule has 0 radical (unpaired) electrons. The Morgan fingerprint density at radius 2 is 1.95 bits per heavy atom. The first kappa shape index (κ1) is 27.0. The minimum atomic E-state index is -4.66. The standard InChI is InChI=1S/C28H31ClF3N3O2/c1-16(2)17(3)35-10-8-18(9-11-35)21-15-34(4)27-25(21)26(28(30,31)32)20(14-33-27)13-23(36)19-6-7-24(37-5)22(29)12-19/h6-7,12,14-16,18H,3,8-11,13H2,1-2,4-5H3. The number of halogens is 4. The van der Waals surface area contributed by atoms with E-state index in [9.17, 15) is 18.0 Å². The number of alkyl halides is 3. The summed E-state index contributed by atoms with van der Waals surface area (Å²) in [5.41, 5.74) is 1.23. The zero-order valence-corrected chi connectivity index (χ0v) is 22.2. The van der Waals surface area contributed by atoms with Gasteiger partial charge in [0.2, 0.25) is 0 Å². The molecule has 1 fully saturated rings. The second-order valence-electron chi connectivity index (χ2n) is 9.91. The van der Waals surface area contributed by atoms with E-state index in [1.54, 1.807) is 17.8 Å². The highest BCUT2D eigenvalue weighted by Crippen LogP contribution is 2.43. The molecule has 1 saturated heterocycles. The van der Waals surface area contributed by atoms with Gasteiger partial charge in [0, 0.05) is 55.6 Å². The highest BCUT2D eigenvalue weighted by Gasteiger charge is 2.39. The molecule has 0 spiro atoms. The molecular formula is C28H31ClF3N3O2. The summed E-state index contributed by atoms with van der Waals surface area (Å²) < 4.78 is 50.6. The number of carbonyl (C=O) groups is 1. The predicted octanol–water partition coefficient (Wildman–Crippen LogP) is 7.03. The number of allylic oxidation sites excluding steroid dienone is 1. The highest BCUT2D eigenvalue weighted by atomic mass is 35.5. The Hall–Kier alpha value is -3.00. The molecular weight excluding hydrogens is 503 g/mol. The van der Waals surface area contributed by atoms with Crippen LogP contribution in [0.5, 0.6) is 5.75 Å². The van der Waals surface area contributed by atoms with Crippen molar-refractivity contribution in [2.45, 2.75) is 45.2 Å². The molecule has 198 valence electrons. The van der Waals surface area contributed by atoms with Crippen LogP contribution in [-0.4, -0.2) is 40.4 Å². The number of likely N-dealkylation sites (tertiary alicyclic amines) is 1. The lowest BCUT2D eigenvalue weighted by molar-refractivity contribution is -0.136. The number of hydrogen-bond acceptors (Lipinski definition) is 4. The first-order chi connectivity index (χ1) is 17.4. The van der Waals surface area contributed by atoms with Crippen molar-refractivity contribution in [2.24, 2.45) is 13.0 Å². The topological polar surface area (TPSA) is 47.4 Å². The Bertz CT molecular complexity index is 1340. The number of ketones is 1. The number of carbonyl (C=O) groups excluding carboxylic acids is 1. The molecule has 5 nitrogen and oxygen atoms in total. The summed E-state index contributed by atoms with van der Waals surface area (Å²) in [6, 6.07) is 4.44. The van der Waals surface area contributed by atoms with Crippen LogP contribution in [0, 0.1) is 5.92 Å². The van der Waals surface area contributed by atoms with E-state index in [1.807, 2.05) is 0 Å². The Kier molecular flexibility index (Phi) is 7.60. The van der Waals surface area contributed by atoms with Crippen LogP contribution in [0.1, 0.15) is 59.7 Å². The maximum Gasteiger partial charge on any atom is 0.417 e. The number of aromatic nitrogens is 2. The summed E-state index contributed by atoms with van der Waals surface area (Å²) in [6.45, 7) is 9.82. The summed E-state index contributed by atoms with van der Waals surface area (Å²) in [4.78, 5) is 19.6. The van der Waals surface area contributed by atoms with Gasteiger partial charge in [0.15, 0.2) is 5.78 Å². The monoisotopic (exact) mass is 533 g/mol. The number of benzene rings is 1. The molecule has 0 bridgehead atoms. The summed E-state index contributed by atoms with van der Waals surface area (Å²) >= 11 is 6.13. The van der Waals surface area contributed by atoms with E-state index in [1.165, 1.54) is 31.5 Å². The van der Waals surface area contributed by atoms with Crippen molar-refractivity contribution in [1.82, 2.24) is 14.5 Å². The van der Waals surface area contributed by atoms with E-state index in [0.717, 1.165) is 31.6 Å². The third-order valence-electron chi connectivity index (χ3n) is 7.21. The molecule has 37 heavy (non-hydrogen) atoms. The van der Waals surface area contributed by atoms with Gasteiger partial charge in [-0.05, 0) is 54.0 Å². The second kappa shape index (κ2) is 10.4. The lowest BCUT2D eigenvalue weighted by Gasteiger charge is -2.36. The molecule has 9 heteroatoms. The van der Waals surface area contributed by atoms with Gasteiger partial charge >= 0.3 is 6.18 Å². The predicted molar refractivity (Wildman–Crippen MR) is 139 cm³/mol. The van der Waals surface area contributed by atoms with Crippen LogP contribution in [0.2, 0.25) is 5.02 Å². The number of hydrogen-bond donors (Lipinski definition) is 0. The maximum atomic E-state index is 14.6. The molecule has 0 atom stereocenters. The molecule has 3 heterocycles. The number of rotatable bonds is 7. The van der Waals surface area contributed by atoms with Gasteiger partial charge in [0.05, 0.1) is 17.7 Å².